The highest BCUT2D eigenvalue weighted by molar-refractivity contribution is 9.10. The SMILES string of the molecule is CCCN(c1nccc2c(Br)cccc12)C1CCNC1. The molecule has 0 amide bonds. The Labute approximate surface area is 128 Å². The average molecular weight is 334 g/mol. The quantitative estimate of drug-likeness (QED) is 0.926. The molecule has 4 heteroatoms. The van der Waals surface area contributed by atoms with Crippen molar-refractivity contribution in [2.24, 2.45) is 0 Å². The summed E-state index contributed by atoms with van der Waals surface area (Å²) in [6.07, 6.45) is 4.27. The van der Waals surface area contributed by atoms with E-state index in [0.717, 1.165) is 36.3 Å². The summed E-state index contributed by atoms with van der Waals surface area (Å²) in [6.45, 7) is 5.47. The fourth-order valence-electron chi connectivity index (χ4n) is 2.99. The Morgan fingerprint density at radius 3 is 3.00 bits per heavy atom. The highest BCUT2D eigenvalue weighted by Crippen LogP contribution is 2.31. The Morgan fingerprint density at radius 1 is 1.35 bits per heavy atom. The first-order valence-corrected chi connectivity index (χ1v) is 8.11. The largest absolute Gasteiger partial charge is 0.352 e. The molecule has 20 heavy (non-hydrogen) atoms. The minimum atomic E-state index is 0.562. The third-order valence-corrected chi connectivity index (χ3v) is 4.63. The standard InChI is InChI=1S/C16H20BrN3/c1-2-10-20(12-6-8-18-11-12)16-14-4-3-5-15(17)13(14)7-9-19-16/h3-5,7,9,12,18H,2,6,8,10-11H2,1H3. The predicted molar refractivity (Wildman–Crippen MR) is 88.4 cm³/mol. The monoisotopic (exact) mass is 333 g/mol. The van der Waals surface area contributed by atoms with Crippen LogP contribution >= 0.6 is 15.9 Å². The lowest BCUT2D eigenvalue weighted by Gasteiger charge is -2.30. The third kappa shape index (κ3) is 2.54. The summed E-state index contributed by atoms with van der Waals surface area (Å²) in [5.41, 5.74) is 0. The van der Waals surface area contributed by atoms with Crippen LogP contribution in [-0.2, 0) is 0 Å². The Hall–Kier alpha value is -1.13. The van der Waals surface area contributed by atoms with Crippen LogP contribution in [-0.4, -0.2) is 30.7 Å². The number of benzene rings is 1. The van der Waals surface area contributed by atoms with Crippen LogP contribution in [0.5, 0.6) is 0 Å². The van der Waals surface area contributed by atoms with Gasteiger partial charge in [-0.2, -0.15) is 0 Å². The van der Waals surface area contributed by atoms with E-state index in [-0.39, 0.29) is 0 Å². The molecule has 3 rings (SSSR count). The molecule has 1 unspecified atom stereocenters. The van der Waals surface area contributed by atoms with Crippen LogP contribution < -0.4 is 10.2 Å². The zero-order chi connectivity index (χ0) is 13.9. The van der Waals surface area contributed by atoms with E-state index in [2.05, 4.69) is 62.3 Å². The molecule has 1 aromatic heterocycles. The number of rotatable bonds is 4. The van der Waals surface area contributed by atoms with Gasteiger partial charge >= 0.3 is 0 Å². The summed E-state index contributed by atoms with van der Waals surface area (Å²) in [5, 5.41) is 5.94. The highest BCUT2D eigenvalue weighted by Gasteiger charge is 2.24. The van der Waals surface area contributed by atoms with Crippen molar-refractivity contribution in [2.45, 2.75) is 25.8 Å². The molecule has 1 fully saturated rings. The van der Waals surface area contributed by atoms with Gasteiger partial charge in [0.05, 0.1) is 0 Å². The van der Waals surface area contributed by atoms with Crippen LogP contribution in [0.2, 0.25) is 0 Å². The average Bonchev–Trinajstić information content (AvgIpc) is 2.99. The van der Waals surface area contributed by atoms with E-state index in [0.29, 0.717) is 6.04 Å². The molecular weight excluding hydrogens is 314 g/mol. The molecule has 1 aliphatic heterocycles. The van der Waals surface area contributed by atoms with Gasteiger partial charge in [0.1, 0.15) is 5.82 Å². The van der Waals surface area contributed by atoms with E-state index in [1.54, 1.807) is 0 Å². The van der Waals surface area contributed by atoms with Crippen molar-refractivity contribution < 1.29 is 0 Å². The molecule has 1 N–H and O–H groups in total. The van der Waals surface area contributed by atoms with Crippen molar-refractivity contribution in [1.82, 2.24) is 10.3 Å². The Bertz CT molecular complexity index is 593. The summed E-state index contributed by atoms with van der Waals surface area (Å²) in [4.78, 5) is 7.17. The number of pyridine rings is 1. The van der Waals surface area contributed by atoms with E-state index >= 15 is 0 Å². The lowest BCUT2D eigenvalue weighted by molar-refractivity contribution is 0.620. The van der Waals surface area contributed by atoms with Gasteiger partial charge in [-0.1, -0.05) is 35.0 Å². The van der Waals surface area contributed by atoms with E-state index in [4.69, 9.17) is 0 Å². The molecule has 0 saturated carbocycles. The van der Waals surface area contributed by atoms with Gasteiger partial charge in [-0.3, -0.25) is 0 Å². The molecule has 0 radical (unpaired) electrons. The third-order valence-electron chi connectivity index (χ3n) is 3.94. The second kappa shape index (κ2) is 6.10. The van der Waals surface area contributed by atoms with E-state index < -0.39 is 0 Å². The maximum absolute atomic E-state index is 4.69. The highest BCUT2D eigenvalue weighted by atomic mass is 79.9. The van der Waals surface area contributed by atoms with Gasteiger partial charge in [-0.25, -0.2) is 4.98 Å². The van der Waals surface area contributed by atoms with Gasteiger partial charge in [0.25, 0.3) is 0 Å². The molecule has 2 aromatic rings. The topological polar surface area (TPSA) is 28.2 Å². The number of aromatic nitrogens is 1. The zero-order valence-electron chi connectivity index (χ0n) is 11.8. The lowest BCUT2D eigenvalue weighted by atomic mass is 10.1. The summed E-state index contributed by atoms with van der Waals surface area (Å²) in [6, 6.07) is 9.00. The minimum Gasteiger partial charge on any atom is -0.352 e. The van der Waals surface area contributed by atoms with Crippen LogP contribution in [0.25, 0.3) is 10.8 Å². The summed E-state index contributed by atoms with van der Waals surface area (Å²) in [7, 11) is 0. The first kappa shape index (κ1) is 13.8. The van der Waals surface area contributed by atoms with E-state index in [1.807, 2.05) is 6.20 Å². The number of anilines is 1. The molecular formula is C16H20BrN3. The molecule has 0 spiro atoms. The lowest BCUT2D eigenvalue weighted by Crippen LogP contribution is -2.38. The van der Waals surface area contributed by atoms with Crippen molar-refractivity contribution in [3.8, 4) is 0 Å². The van der Waals surface area contributed by atoms with Crippen LogP contribution in [0.15, 0.2) is 34.9 Å². The summed E-state index contributed by atoms with van der Waals surface area (Å²) >= 11 is 3.64. The number of fused-ring (bicyclic) bond motifs is 1. The van der Waals surface area contributed by atoms with E-state index in [9.17, 15) is 0 Å². The fourth-order valence-corrected chi connectivity index (χ4v) is 3.49. The molecule has 1 saturated heterocycles. The van der Waals surface area contributed by atoms with Gasteiger partial charge in [-0.15, -0.1) is 0 Å². The van der Waals surface area contributed by atoms with Gasteiger partial charge < -0.3 is 10.2 Å². The Kier molecular flexibility index (Phi) is 4.22. The normalized spacial score (nSPS) is 18.6. The Balaban J connectivity index is 2.08. The smallest absolute Gasteiger partial charge is 0.136 e. The molecule has 1 aliphatic rings. The van der Waals surface area contributed by atoms with E-state index in [1.165, 1.54) is 17.2 Å². The van der Waals surface area contributed by atoms with Crippen molar-refractivity contribution in [3.05, 3.63) is 34.9 Å². The number of nitrogens with zero attached hydrogens (tertiary/aromatic N) is 2. The first-order valence-electron chi connectivity index (χ1n) is 7.32. The number of hydrogen-bond acceptors (Lipinski definition) is 3. The van der Waals surface area contributed by atoms with Crippen molar-refractivity contribution in [2.75, 3.05) is 24.5 Å². The molecule has 106 valence electrons. The second-order valence-electron chi connectivity index (χ2n) is 5.31. The zero-order valence-corrected chi connectivity index (χ0v) is 13.4. The second-order valence-corrected chi connectivity index (χ2v) is 6.16. The predicted octanol–water partition coefficient (Wildman–Crippen LogP) is 3.58. The van der Waals surface area contributed by atoms with Gasteiger partial charge in [-0.05, 0) is 31.5 Å². The van der Waals surface area contributed by atoms with Gasteiger partial charge in [0.15, 0.2) is 0 Å². The molecule has 1 aromatic carbocycles. The maximum Gasteiger partial charge on any atom is 0.136 e. The van der Waals surface area contributed by atoms with Crippen molar-refractivity contribution in [1.29, 1.82) is 0 Å². The first-order chi connectivity index (χ1) is 9.81. The van der Waals surface area contributed by atoms with Gasteiger partial charge in [0.2, 0.25) is 0 Å². The van der Waals surface area contributed by atoms with Crippen LogP contribution in [0, 0.1) is 0 Å². The van der Waals surface area contributed by atoms with Crippen LogP contribution in [0.4, 0.5) is 5.82 Å². The van der Waals surface area contributed by atoms with Crippen molar-refractivity contribution >= 4 is 32.5 Å². The summed E-state index contributed by atoms with van der Waals surface area (Å²) < 4.78 is 1.14. The van der Waals surface area contributed by atoms with Crippen LogP contribution in [0.3, 0.4) is 0 Å². The Morgan fingerprint density at radius 2 is 2.25 bits per heavy atom. The molecule has 0 aliphatic carbocycles. The number of hydrogen-bond donors (Lipinski definition) is 1. The fraction of sp³-hybridized carbons (Fsp3) is 0.438. The molecule has 2 heterocycles. The molecule has 1 atom stereocenters. The number of halogens is 1. The summed E-state index contributed by atoms with van der Waals surface area (Å²) in [5.74, 6) is 1.12. The maximum atomic E-state index is 4.69. The molecule has 3 nitrogen and oxygen atoms in total. The van der Waals surface area contributed by atoms with Crippen molar-refractivity contribution in [3.63, 3.8) is 0 Å². The molecule has 0 bridgehead atoms. The van der Waals surface area contributed by atoms with Gasteiger partial charge in [0, 0.05) is 40.6 Å². The van der Waals surface area contributed by atoms with Crippen LogP contribution in [0.1, 0.15) is 19.8 Å². The minimum absolute atomic E-state index is 0.562. The number of nitrogens with one attached hydrogen (secondary N) is 1.